The minimum atomic E-state index is -0.753. The van der Waals surface area contributed by atoms with E-state index in [2.05, 4.69) is 10.6 Å². The van der Waals surface area contributed by atoms with Crippen LogP contribution in [0.2, 0.25) is 0 Å². The van der Waals surface area contributed by atoms with E-state index in [-0.39, 0.29) is 17.6 Å². The van der Waals surface area contributed by atoms with Crippen LogP contribution in [0.5, 0.6) is 0 Å². The summed E-state index contributed by atoms with van der Waals surface area (Å²) in [5.74, 6) is -1.88. The molecule has 1 aliphatic heterocycles. The third kappa shape index (κ3) is 3.04. The molecule has 98 valence electrons. The summed E-state index contributed by atoms with van der Waals surface area (Å²) in [4.78, 5) is 11.9. The molecule has 5 heteroatoms. The number of amides is 1. The van der Waals surface area contributed by atoms with Gasteiger partial charge in [-0.25, -0.2) is 8.78 Å². The average Bonchev–Trinajstić information content (AvgIpc) is 2.62. The number of anilines is 1. The number of halogens is 2. The summed E-state index contributed by atoms with van der Waals surface area (Å²) in [6.07, 6.45) is 3.75. The zero-order valence-electron chi connectivity index (χ0n) is 10.0. The van der Waals surface area contributed by atoms with Crippen LogP contribution in [0, 0.1) is 11.6 Å². The lowest BCUT2D eigenvalue weighted by molar-refractivity contribution is -0.118. The Morgan fingerprint density at radius 1 is 1.22 bits per heavy atom. The molecule has 1 aromatic carbocycles. The highest BCUT2D eigenvalue weighted by atomic mass is 19.1. The molecule has 1 fully saturated rings. The molecule has 3 nitrogen and oxygen atoms in total. The lowest BCUT2D eigenvalue weighted by Gasteiger charge is -2.16. The van der Waals surface area contributed by atoms with Crippen LogP contribution in [0.4, 0.5) is 14.5 Å². The first-order chi connectivity index (χ1) is 8.68. The fraction of sp³-hybridized carbons (Fsp3) is 0.462. The highest BCUT2D eigenvalue weighted by molar-refractivity contribution is 5.95. The van der Waals surface area contributed by atoms with E-state index < -0.39 is 11.6 Å². The monoisotopic (exact) mass is 254 g/mol. The minimum absolute atomic E-state index is 0.367. The van der Waals surface area contributed by atoms with Gasteiger partial charge in [-0.2, -0.15) is 0 Å². The SMILES string of the molecule is O=C(Nc1c(F)cccc1F)C1CCCCCN1. The Labute approximate surface area is 105 Å². The van der Waals surface area contributed by atoms with Crippen molar-refractivity contribution in [2.24, 2.45) is 0 Å². The first kappa shape index (κ1) is 13.0. The highest BCUT2D eigenvalue weighted by Gasteiger charge is 2.21. The molecule has 0 spiro atoms. The second-order valence-corrected chi connectivity index (χ2v) is 4.44. The van der Waals surface area contributed by atoms with Crippen LogP contribution in [0.3, 0.4) is 0 Å². The van der Waals surface area contributed by atoms with Crippen molar-refractivity contribution in [1.82, 2.24) is 5.32 Å². The van der Waals surface area contributed by atoms with Crippen molar-refractivity contribution in [2.75, 3.05) is 11.9 Å². The minimum Gasteiger partial charge on any atom is -0.320 e. The molecule has 2 N–H and O–H groups in total. The van der Waals surface area contributed by atoms with Crippen molar-refractivity contribution in [1.29, 1.82) is 0 Å². The Balaban J connectivity index is 2.06. The Bertz CT molecular complexity index is 409. The summed E-state index contributed by atoms with van der Waals surface area (Å²) >= 11 is 0. The predicted molar refractivity (Wildman–Crippen MR) is 65.2 cm³/mol. The molecule has 1 atom stereocenters. The van der Waals surface area contributed by atoms with Gasteiger partial charge in [0.2, 0.25) is 5.91 Å². The molecule has 1 aliphatic rings. The van der Waals surface area contributed by atoms with Gasteiger partial charge in [0.05, 0.1) is 6.04 Å². The maximum absolute atomic E-state index is 13.4. The van der Waals surface area contributed by atoms with Crippen molar-refractivity contribution >= 4 is 11.6 Å². The van der Waals surface area contributed by atoms with Crippen LogP contribution < -0.4 is 10.6 Å². The lowest BCUT2D eigenvalue weighted by atomic mass is 10.1. The molecule has 1 amide bonds. The second kappa shape index (κ2) is 5.91. The van der Waals surface area contributed by atoms with E-state index in [0.29, 0.717) is 6.42 Å². The zero-order chi connectivity index (χ0) is 13.0. The number of carbonyl (C=O) groups excluding carboxylic acids is 1. The molecule has 0 radical (unpaired) electrons. The highest BCUT2D eigenvalue weighted by Crippen LogP contribution is 2.19. The van der Waals surface area contributed by atoms with E-state index in [1.807, 2.05) is 0 Å². The molecule has 18 heavy (non-hydrogen) atoms. The van der Waals surface area contributed by atoms with Gasteiger partial charge in [0.25, 0.3) is 0 Å². The normalized spacial score (nSPS) is 20.2. The number of rotatable bonds is 2. The number of hydrogen-bond acceptors (Lipinski definition) is 2. The average molecular weight is 254 g/mol. The molecule has 1 saturated heterocycles. The van der Waals surface area contributed by atoms with Crippen molar-refractivity contribution in [2.45, 2.75) is 31.7 Å². The quantitative estimate of drug-likeness (QED) is 0.851. The van der Waals surface area contributed by atoms with Crippen molar-refractivity contribution in [3.63, 3.8) is 0 Å². The number of carbonyl (C=O) groups is 1. The molecule has 1 heterocycles. The molecule has 0 bridgehead atoms. The summed E-state index contributed by atoms with van der Waals surface area (Å²) in [5, 5.41) is 5.41. The van der Waals surface area contributed by atoms with Gasteiger partial charge in [0.15, 0.2) is 0 Å². The smallest absolute Gasteiger partial charge is 0.241 e. The fourth-order valence-electron chi connectivity index (χ4n) is 2.08. The van der Waals surface area contributed by atoms with Gasteiger partial charge in [-0.3, -0.25) is 4.79 Å². The van der Waals surface area contributed by atoms with Crippen molar-refractivity contribution in [3.8, 4) is 0 Å². The summed E-state index contributed by atoms with van der Waals surface area (Å²) in [5.41, 5.74) is -0.367. The van der Waals surface area contributed by atoms with Gasteiger partial charge >= 0.3 is 0 Å². The molecular weight excluding hydrogens is 238 g/mol. The van der Waals surface area contributed by atoms with Gasteiger partial charge in [-0.05, 0) is 31.5 Å². The predicted octanol–water partition coefficient (Wildman–Crippen LogP) is 2.44. The lowest BCUT2D eigenvalue weighted by Crippen LogP contribution is -2.40. The van der Waals surface area contributed by atoms with Gasteiger partial charge < -0.3 is 10.6 Å². The summed E-state index contributed by atoms with van der Waals surface area (Å²) in [7, 11) is 0. The van der Waals surface area contributed by atoms with Crippen molar-refractivity contribution < 1.29 is 13.6 Å². The van der Waals surface area contributed by atoms with Crippen LogP contribution in [0.1, 0.15) is 25.7 Å². The van der Waals surface area contributed by atoms with Crippen molar-refractivity contribution in [3.05, 3.63) is 29.8 Å². The fourth-order valence-corrected chi connectivity index (χ4v) is 2.08. The van der Waals surface area contributed by atoms with Crippen LogP contribution in [-0.4, -0.2) is 18.5 Å². The van der Waals surface area contributed by atoms with E-state index in [9.17, 15) is 13.6 Å². The molecular formula is C13H16F2N2O. The summed E-state index contributed by atoms with van der Waals surface area (Å²) in [6.45, 7) is 0.762. The van der Waals surface area contributed by atoms with Gasteiger partial charge in [0, 0.05) is 0 Å². The molecule has 0 aliphatic carbocycles. The Morgan fingerprint density at radius 3 is 2.67 bits per heavy atom. The first-order valence-electron chi connectivity index (χ1n) is 6.17. The largest absolute Gasteiger partial charge is 0.320 e. The number of hydrogen-bond donors (Lipinski definition) is 2. The molecule has 1 aromatic rings. The van der Waals surface area contributed by atoms with Crippen LogP contribution >= 0.6 is 0 Å². The second-order valence-electron chi connectivity index (χ2n) is 4.44. The van der Waals surface area contributed by atoms with Gasteiger partial charge in [-0.15, -0.1) is 0 Å². The van der Waals surface area contributed by atoms with Gasteiger partial charge in [-0.1, -0.05) is 18.9 Å². The maximum atomic E-state index is 13.4. The molecule has 0 aromatic heterocycles. The standard InChI is InChI=1S/C13H16F2N2O/c14-9-5-4-6-10(15)12(9)17-13(18)11-7-2-1-3-8-16-11/h4-6,11,16H,1-3,7-8H2,(H,17,18). The molecule has 2 rings (SSSR count). The third-order valence-electron chi connectivity index (χ3n) is 3.09. The van der Waals surface area contributed by atoms with E-state index >= 15 is 0 Å². The number of nitrogens with one attached hydrogen (secondary N) is 2. The van der Waals surface area contributed by atoms with E-state index in [0.717, 1.165) is 37.9 Å². The Morgan fingerprint density at radius 2 is 1.94 bits per heavy atom. The van der Waals surface area contributed by atoms with Gasteiger partial charge in [0.1, 0.15) is 17.3 Å². The molecule has 0 saturated carbocycles. The van der Waals surface area contributed by atoms with Crippen LogP contribution in [-0.2, 0) is 4.79 Å². The van der Waals surface area contributed by atoms with Crippen LogP contribution in [0.15, 0.2) is 18.2 Å². The number of benzene rings is 1. The zero-order valence-corrected chi connectivity index (χ0v) is 10.0. The summed E-state index contributed by atoms with van der Waals surface area (Å²) in [6, 6.07) is 3.15. The first-order valence-corrected chi connectivity index (χ1v) is 6.17. The third-order valence-corrected chi connectivity index (χ3v) is 3.09. The van der Waals surface area contributed by atoms with E-state index in [1.54, 1.807) is 0 Å². The number of para-hydroxylation sites is 1. The van der Waals surface area contributed by atoms with E-state index in [4.69, 9.17) is 0 Å². The maximum Gasteiger partial charge on any atom is 0.241 e. The molecule has 1 unspecified atom stereocenters. The Kier molecular flexibility index (Phi) is 4.25. The summed E-state index contributed by atoms with van der Waals surface area (Å²) < 4.78 is 26.8. The topological polar surface area (TPSA) is 41.1 Å². The Hall–Kier alpha value is -1.49. The van der Waals surface area contributed by atoms with E-state index in [1.165, 1.54) is 6.07 Å². The van der Waals surface area contributed by atoms with Crippen LogP contribution in [0.25, 0.3) is 0 Å².